The molecule has 0 spiro atoms. The van der Waals surface area contributed by atoms with Gasteiger partial charge in [-0.25, -0.2) is 0 Å². The van der Waals surface area contributed by atoms with Gasteiger partial charge in [0.05, 0.1) is 0 Å². The molecule has 1 aromatic rings. The summed E-state index contributed by atoms with van der Waals surface area (Å²) in [5, 5.41) is 5.38. The van der Waals surface area contributed by atoms with E-state index in [0.29, 0.717) is 17.0 Å². The number of amides is 2. The largest absolute Gasteiger partial charge is 0.327 e. The summed E-state index contributed by atoms with van der Waals surface area (Å²) in [7, 11) is 0. The van der Waals surface area contributed by atoms with Crippen LogP contribution in [-0.4, -0.2) is 11.8 Å². The number of hydrogen-bond donors (Lipinski definition) is 2. The van der Waals surface area contributed by atoms with Crippen molar-refractivity contribution in [1.29, 1.82) is 0 Å². The second-order valence-corrected chi connectivity index (χ2v) is 4.21. The molecule has 0 radical (unpaired) electrons. The quantitative estimate of drug-likeness (QED) is 0.638. The summed E-state index contributed by atoms with van der Waals surface area (Å²) < 4.78 is 0. The number of rotatable bonds is 5. The first-order valence-corrected chi connectivity index (χ1v) is 6.18. The van der Waals surface area contributed by atoms with Crippen LogP contribution in [0.25, 0.3) is 0 Å². The zero-order chi connectivity index (χ0) is 15.0. The van der Waals surface area contributed by atoms with Crippen LogP contribution in [0.4, 0.5) is 0 Å². The van der Waals surface area contributed by atoms with Crippen LogP contribution in [0, 0.1) is 0 Å². The zero-order valence-corrected chi connectivity index (χ0v) is 11.6. The lowest BCUT2D eigenvalue weighted by Gasteiger charge is -2.05. The van der Waals surface area contributed by atoms with E-state index in [1.54, 1.807) is 38.1 Å². The lowest BCUT2D eigenvalue weighted by molar-refractivity contribution is -0.115. The molecule has 0 heterocycles. The van der Waals surface area contributed by atoms with Gasteiger partial charge in [-0.3, -0.25) is 9.59 Å². The third kappa shape index (κ3) is 5.35. The summed E-state index contributed by atoms with van der Waals surface area (Å²) >= 11 is 0. The fourth-order valence-corrected chi connectivity index (χ4v) is 1.42. The maximum absolute atomic E-state index is 11.9. The number of allylic oxidation sites excluding steroid dienone is 4. The van der Waals surface area contributed by atoms with Gasteiger partial charge in [0.1, 0.15) is 0 Å². The highest BCUT2D eigenvalue weighted by Crippen LogP contribution is 2.00. The second-order valence-electron chi connectivity index (χ2n) is 4.21. The SMILES string of the molecule is C=CC(=O)N/C(C)=C/C=C(\C)NC(=O)c1ccccc1. The second kappa shape index (κ2) is 7.74. The minimum atomic E-state index is -0.266. The van der Waals surface area contributed by atoms with E-state index < -0.39 is 0 Å². The van der Waals surface area contributed by atoms with E-state index in [0.717, 1.165) is 0 Å². The van der Waals surface area contributed by atoms with Crippen molar-refractivity contribution in [2.45, 2.75) is 13.8 Å². The van der Waals surface area contributed by atoms with Gasteiger partial charge in [0, 0.05) is 17.0 Å². The standard InChI is InChI=1S/C16H18N2O2/c1-4-15(19)17-12(2)10-11-13(3)18-16(20)14-8-6-5-7-9-14/h4-11H,1H2,2-3H3,(H,17,19)(H,18,20)/b12-10+,13-11+. The van der Waals surface area contributed by atoms with Crippen molar-refractivity contribution in [3.05, 3.63) is 72.1 Å². The van der Waals surface area contributed by atoms with Gasteiger partial charge >= 0.3 is 0 Å². The first kappa shape index (κ1) is 15.4. The lowest BCUT2D eigenvalue weighted by atomic mass is 10.2. The molecule has 2 amide bonds. The van der Waals surface area contributed by atoms with Crippen LogP contribution in [0.1, 0.15) is 24.2 Å². The van der Waals surface area contributed by atoms with Gasteiger partial charge in [-0.1, -0.05) is 24.8 Å². The van der Waals surface area contributed by atoms with Crippen molar-refractivity contribution in [2.75, 3.05) is 0 Å². The fraction of sp³-hybridized carbons (Fsp3) is 0.125. The van der Waals surface area contributed by atoms with Gasteiger partial charge in [-0.2, -0.15) is 0 Å². The highest BCUT2D eigenvalue weighted by atomic mass is 16.2. The Kier molecular flexibility index (Phi) is 5.97. The molecular weight excluding hydrogens is 252 g/mol. The Morgan fingerprint density at radius 1 is 1.00 bits per heavy atom. The van der Waals surface area contributed by atoms with Crippen LogP contribution >= 0.6 is 0 Å². The van der Waals surface area contributed by atoms with E-state index in [-0.39, 0.29) is 11.8 Å². The molecule has 0 aliphatic heterocycles. The van der Waals surface area contributed by atoms with Crippen molar-refractivity contribution >= 4 is 11.8 Å². The smallest absolute Gasteiger partial charge is 0.255 e. The van der Waals surface area contributed by atoms with Crippen LogP contribution in [0.15, 0.2) is 66.5 Å². The minimum Gasteiger partial charge on any atom is -0.327 e. The van der Waals surface area contributed by atoms with Gasteiger partial charge in [-0.15, -0.1) is 0 Å². The Hall–Kier alpha value is -2.62. The molecule has 4 nitrogen and oxygen atoms in total. The Morgan fingerprint density at radius 3 is 2.10 bits per heavy atom. The number of carbonyl (C=O) groups is 2. The van der Waals surface area contributed by atoms with Crippen molar-refractivity contribution in [3.8, 4) is 0 Å². The minimum absolute atomic E-state index is 0.166. The van der Waals surface area contributed by atoms with E-state index in [2.05, 4.69) is 17.2 Å². The summed E-state index contributed by atoms with van der Waals surface area (Å²) in [6, 6.07) is 8.96. The van der Waals surface area contributed by atoms with Crippen LogP contribution in [0.2, 0.25) is 0 Å². The summed E-state index contributed by atoms with van der Waals surface area (Å²) in [4.78, 5) is 22.9. The van der Waals surface area contributed by atoms with Crippen molar-refractivity contribution in [1.82, 2.24) is 10.6 Å². The van der Waals surface area contributed by atoms with Gasteiger partial charge in [0.15, 0.2) is 0 Å². The highest BCUT2D eigenvalue weighted by molar-refractivity contribution is 5.95. The molecule has 0 saturated heterocycles. The average molecular weight is 270 g/mol. The molecule has 1 aromatic carbocycles. The molecule has 1 rings (SSSR count). The van der Waals surface area contributed by atoms with Gasteiger partial charge in [0.25, 0.3) is 5.91 Å². The molecule has 0 fully saturated rings. The average Bonchev–Trinajstić information content (AvgIpc) is 2.45. The normalized spacial score (nSPS) is 11.7. The van der Waals surface area contributed by atoms with Crippen molar-refractivity contribution in [3.63, 3.8) is 0 Å². The maximum Gasteiger partial charge on any atom is 0.255 e. The van der Waals surface area contributed by atoms with E-state index >= 15 is 0 Å². The van der Waals surface area contributed by atoms with Gasteiger partial charge in [-0.05, 0) is 44.2 Å². The Balaban J connectivity index is 2.62. The number of nitrogens with one attached hydrogen (secondary N) is 2. The molecule has 0 saturated carbocycles. The molecule has 104 valence electrons. The molecule has 0 aliphatic rings. The van der Waals surface area contributed by atoms with E-state index in [9.17, 15) is 9.59 Å². The van der Waals surface area contributed by atoms with Crippen LogP contribution in [0.3, 0.4) is 0 Å². The van der Waals surface area contributed by atoms with Crippen LogP contribution in [-0.2, 0) is 4.79 Å². The van der Waals surface area contributed by atoms with Crippen molar-refractivity contribution in [2.24, 2.45) is 0 Å². The predicted octanol–water partition coefficient (Wildman–Crippen LogP) is 2.53. The monoisotopic (exact) mass is 270 g/mol. The molecular formula is C16H18N2O2. The van der Waals surface area contributed by atoms with E-state index in [1.807, 2.05) is 18.2 Å². The summed E-state index contributed by atoms with van der Waals surface area (Å²) in [5.41, 5.74) is 1.95. The Morgan fingerprint density at radius 2 is 1.55 bits per heavy atom. The van der Waals surface area contributed by atoms with E-state index in [1.165, 1.54) is 6.08 Å². The molecule has 0 aliphatic carbocycles. The Bertz CT molecular complexity index is 557. The van der Waals surface area contributed by atoms with Gasteiger partial charge < -0.3 is 10.6 Å². The molecule has 4 heteroatoms. The maximum atomic E-state index is 11.9. The predicted molar refractivity (Wildman–Crippen MR) is 79.8 cm³/mol. The van der Waals surface area contributed by atoms with Crippen LogP contribution in [0.5, 0.6) is 0 Å². The topological polar surface area (TPSA) is 58.2 Å². The number of carbonyl (C=O) groups excluding carboxylic acids is 2. The molecule has 0 bridgehead atoms. The van der Waals surface area contributed by atoms with Gasteiger partial charge in [0.2, 0.25) is 5.91 Å². The molecule has 0 atom stereocenters. The number of hydrogen-bond acceptors (Lipinski definition) is 2. The number of benzene rings is 1. The molecule has 2 N–H and O–H groups in total. The first-order valence-electron chi connectivity index (χ1n) is 6.18. The molecule has 0 aromatic heterocycles. The molecule has 0 unspecified atom stereocenters. The zero-order valence-electron chi connectivity index (χ0n) is 11.6. The highest BCUT2D eigenvalue weighted by Gasteiger charge is 2.03. The van der Waals surface area contributed by atoms with Crippen molar-refractivity contribution < 1.29 is 9.59 Å². The first-order chi connectivity index (χ1) is 9.52. The third-order valence-corrected chi connectivity index (χ3v) is 2.44. The lowest BCUT2D eigenvalue weighted by Crippen LogP contribution is -2.21. The Labute approximate surface area is 118 Å². The molecule has 20 heavy (non-hydrogen) atoms. The van der Waals surface area contributed by atoms with Crippen LogP contribution < -0.4 is 10.6 Å². The summed E-state index contributed by atoms with van der Waals surface area (Å²) in [6.45, 7) is 6.90. The van der Waals surface area contributed by atoms with E-state index in [4.69, 9.17) is 0 Å². The summed E-state index contributed by atoms with van der Waals surface area (Å²) in [6.07, 6.45) is 4.63. The summed E-state index contributed by atoms with van der Waals surface area (Å²) in [5.74, 6) is -0.432. The third-order valence-electron chi connectivity index (χ3n) is 2.44. The fourth-order valence-electron chi connectivity index (χ4n) is 1.42.